The molecule has 9 heteroatoms. The first-order valence-electron chi connectivity index (χ1n) is 11.7. The first-order chi connectivity index (χ1) is 16.5. The Labute approximate surface area is 215 Å². The number of hydrogen-bond acceptors (Lipinski definition) is 4. The normalized spacial score (nSPS) is 18.8. The number of aromatic amines is 1. The lowest BCUT2D eigenvalue weighted by Crippen LogP contribution is -2.55. The van der Waals surface area contributed by atoms with E-state index in [1.165, 1.54) is 6.07 Å². The summed E-state index contributed by atoms with van der Waals surface area (Å²) in [5.41, 5.74) is 2.61. The predicted molar refractivity (Wildman–Crippen MR) is 141 cm³/mol. The summed E-state index contributed by atoms with van der Waals surface area (Å²) < 4.78 is 15.1. The lowest BCUT2D eigenvalue weighted by molar-refractivity contribution is 0.102. The maximum atomic E-state index is 15.1. The summed E-state index contributed by atoms with van der Waals surface area (Å²) in [7, 11) is 2.07. The molecule has 35 heavy (non-hydrogen) atoms. The molecule has 2 aromatic carbocycles. The molecule has 0 spiro atoms. The average molecular weight is 518 g/mol. The molecule has 1 aliphatic heterocycles. The topological polar surface area (TPSA) is 64.3 Å². The summed E-state index contributed by atoms with van der Waals surface area (Å²) in [5, 5.41) is 3.49. The van der Waals surface area contributed by atoms with Crippen LogP contribution in [-0.2, 0) is 0 Å². The zero-order valence-electron chi connectivity index (χ0n) is 20.5. The molecule has 0 bridgehead atoms. The molecule has 0 aliphatic carbocycles. The van der Waals surface area contributed by atoms with Gasteiger partial charge in [0.25, 0.3) is 5.91 Å². The number of nitrogens with one attached hydrogen (secondary N) is 2. The van der Waals surface area contributed by atoms with Crippen LogP contribution in [0.4, 0.5) is 15.8 Å². The fraction of sp³-hybridized carbons (Fsp3) is 0.385. The van der Waals surface area contributed by atoms with Crippen LogP contribution < -0.4 is 10.2 Å². The molecule has 1 aliphatic rings. The van der Waals surface area contributed by atoms with Gasteiger partial charge in [0, 0.05) is 48.3 Å². The Morgan fingerprint density at radius 3 is 2.46 bits per heavy atom. The average Bonchev–Trinajstić information content (AvgIpc) is 3.30. The molecule has 1 saturated heterocycles. The minimum absolute atomic E-state index is 0.0692. The van der Waals surface area contributed by atoms with Gasteiger partial charge in [-0.05, 0) is 57.1 Å². The quantitative estimate of drug-likeness (QED) is 0.409. The van der Waals surface area contributed by atoms with Gasteiger partial charge in [-0.15, -0.1) is 0 Å². The molecule has 1 aromatic heterocycles. The van der Waals surface area contributed by atoms with Crippen LogP contribution in [0.3, 0.4) is 0 Å². The second-order valence-electron chi connectivity index (χ2n) is 9.54. The van der Waals surface area contributed by atoms with E-state index in [2.05, 4.69) is 54.9 Å². The highest BCUT2D eigenvalue weighted by atomic mass is 35.5. The van der Waals surface area contributed by atoms with E-state index in [0.717, 1.165) is 5.69 Å². The third-order valence-electron chi connectivity index (χ3n) is 6.68. The molecule has 0 saturated carbocycles. The van der Waals surface area contributed by atoms with Gasteiger partial charge in [-0.1, -0.05) is 37.0 Å². The Kier molecular flexibility index (Phi) is 7.40. The van der Waals surface area contributed by atoms with Crippen molar-refractivity contribution in [3.8, 4) is 11.4 Å². The minimum Gasteiger partial charge on any atom is -0.366 e. The van der Waals surface area contributed by atoms with Gasteiger partial charge in [-0.25, -0.2) is 9.37 Å². The van der Waals surface area contributed by atoms with Gasteiger partial charge in [0.2, 0.25) is 0 Å². The van der Waals surface area contributed by atoms with E-state index in [-0.39, 0.29) is 28.6 Å². The molecule has 3 aromatic rings. The molecule has 2 N–H and O–H groups in total. The summed E-state index contributed by atoms with van der Waals surface area (Å²) in [5.74, 6) is -0.0812. The number of piperazine rings is 1. The number of halogens is 3. The molecule has 1 amide bonds. The number of benzene rings is 2. The monoisotopic (exact) mass is 517 g/mol. The van der Waals surface area contributed by atoms with Crippen molar-refractivity contribution < 1.29 is 9.18 Å². The van der Waals surface area contributed by atoms with Crippen LogP contribution in [0, 0.1) is 5.82 Å². The molecule has 1 fully saturated rings. The van der Waals surface area contributed by atoms with Crippen molar-refractivity contribution in [3.05, 3.63) is 63.6 Å². The number of carbonyl (C=O) groups is 1. The van der Waals surface area contributed by atoms with Gasteiger partial charge < -0.3 is 15.2 Å². The highest BCUT2D eigenvalue weighted by Crippen LogP contribution is 2.32. The van der Waals surface area contributed by atoms with E-state index in [9.17, 15) is 4.79 Å². The SMILES string of the molecule is CC(C)c1cnc(-c2cc(NC(=O)c3cc(F)c(N4C[C@@H](C)N(C)[C@@H](C)C4)cc3Cl)ccc2Cl)[nH]1. The first kappa shape index (κ1) is 25.5. The van der Waals surface area contributed by atoms with E-state index < -0.39 is 11.7 Å². The second-order valence-corrected chi connectivity index (χ2v) is 10.4. The molecule has 2 atom stereocenters. The highest BCUT2D eigenvalue weighted by molar-refractivity contribution is 6.35. The summed E-state index contributed by atoms with van der Waals surface area (Å²) >= 11 is 12.9. The standard InChI is InChI=1S/C26H30Cl2FN5O/c1-14(2)23-11-30-25(32-23)18-8-17(6-7-20(18)27)31-26(35)19-9-22(29)24(10-21(19)28)34-12-15(3)33(5)16(4)13-34/h6-11,14-16H,12-13H2,1-5H3,(H,30,32)(H,31,35)/t15-,16+. The number of imidazole rings is 1. The number of hydrogen-bond donors (Lipinski definition) is 2. The van der Waals surface area contributed by atoms with Gasteiger partial charge in [-0.2, -0.15) is 0 Å². The van der Waals surface area contributed by atoms with Gasteiger partial charge in [0.1, 0.15) is 11.6 Å². The van der Waals surface area contributed by atoms with Crippen LogP contribution in [0.1, 0.15) is 49.7 Å². The number of amides is 1. The summed E-state index contributed by atoms with van der Waals surface area (Å²) in [6, 6.07) is 8.38. The van der Waals surface area contributed by atoms with E-state index in [4.69, 9.17) is 23.2 Å². The fourth-order valence-corrected chi connectivity index (χ4v) is 4.75. The number of carbonyl (C=O) groups excluding carboxylic acids is 1. The first-order valence-corrected chi connectivity index (χ1v) is 12.4. The smallest absolute Gasteiger partial charge is 0.257 e. The van der Waals surface area contributed by atoms with Gasteiger partial charge in [0.05, 0.1) is 21.3 Å². The Morgan fingerprint density at radius 2 is 1.83 bits per heavy atom. The number of anilines is 2. The number of likely N-dealkylation sites (N-methyl/N-ethyl adjacent to an activating group) is 1. The molecular formula is C26H30Cl2FN5O. The fourth-order valence-electron chi connectivity index (χ4n) is 4.30. The zero-order valence-corrected chi connectivity index (χ0v) is 22.0. The molecule has 186 valence electrons. The number of aromatic nitrogens is 2. The summed E-state index contributed by atoms with van der Waals surface area (Å²) in [6.07, 6.45) is 1.77. The Hall–Kier alpha value is -2.61. The molecule has 0 radical (unpaired) electrons. The van der Waals surface area contributed by atoms with Crippen LogP contribution in [0.25, 0.3) is 11.4 Å². The largest absolute Gasteiger partial charge is 0.366 e. The number of H-pyrrole nitrogens is 1. The third kappa shape index (κ3) is 5.32. The molecule has 4 rings (SSSR count). The number of nitrogens with zero attached hydrogens (tertiary/aromatic N) is 3. The van der Waals surface area contributed by atoms with Crippen molar-refractivity contribution in [1.29, 1.82) is 0 Å². The van der Waals surface area contributed by atoms with Crippen molar-refractivity contribution in [2.24, 2.45) is 0 Å². The van der Waals surface area contributed by atoms with Gasteiger partial charge in [0.15, 0.2) is 0 Å². The maximum absolute atomic E-state index is 15.1. The molecule has 0 unspecified atom stereocenters. The van der Waals surface area contributed by atoms with Crippen LogP contribution in [0.2, 0.25) is 10.0 Å². The van der Waals surface area contributed by atoms with Crippen LogP contribution in [0.15, 0.2) is 36.5 Å². The molecular weight excluding hydrogens is 488 g/mol. The van der Waals surface area contributed by atoms with Crippen molar-refractivity contribution >= 4 is 40.5 Å². The van der Waals surface area contributed by atoms with E-state index in [0.29, 0.717) is 40.9 Å². The van der Waals surface area contributed by atoms with Crippen LogP contribution in [-0.4, -0.2) is 53.0 Å². The Balaban J connectivity index is 1.56. The van der Waals surface area contributed by atoms with Crippen LogP contribution in [0.5, 0.6) is 0 Å². The Bertz CT molecular complexity index is 1230. The van der Waals surface area contributed by atoms with Crippen molar-refractivity contribution in [1.82, 2.24) is 14.9 Å². The Morgan fingerprint density at radius 1 is 1.14 bits per heavy atom. The molecule has 2 heterocycles. The second kappa shape index (κ2) is 10.2. The lowest BCUT2D eigenvalue weighted by Gasteiger charge is -2.43. The van der Waals surface area contributed by atoms with Gasteiger partial charge in [-0.3, -0.25) is 9.69 Å². The zero-order chi connectivity index (χ0) is 25.4. The predicted octanol–water partition coefficient (Wildman–Crippen LogP) is 6.43. The summed E-state index contributed by atoms with van der Waals surface area (Å²) in [4.78, 5) is 24.9. The van der Waals surface area contributed by atoms with E-state index in [1.807, 2.05) is 4.90 Å². The van der Waals surface area contributed by atoms with Gasteiger partial charge >= 0.3 is 0 Å². The third-order valence-corrected chi connectivity index (χ3v) is 7.32. The van der Waals surface area contributed by atoms with Crippen molar-refractivity contribution in [2.45, 2.75) is 45.7 Å². The number of rotatable bonds is 5. The van der Waals surface area contributed by atoms with Crippen molar-refractivity contribution in [2.75, 3.05) is 30.4 Å². The minimum atomic E-state index is -0.504. The van der Waals surface area contributed by atoms with Crippen molar-refractivity contribution in [3.63, 3.8) is 0 Å². The molecule has 6 nitrogen and oxygen atoms in total. The lowest BCUT2D eigenvalue weighted by atomic mass is 10.1. The van der Waals surface area contributed by atoms with E-state index in [1.54, 1.807) is 30.5 Å². The maximum Gasteiger partial charge on any atom is 0.257 e. The van der Waals surface area contributed by atoms with E-state index >= 15 is 4.39 Å². The summed E-state index contributed by atoms with van der Waals surface area (Å²) in [6.45, 7) is 9.70. The highest BCUT2D eigenvalue weighted by Gasteiger charge is 2.29. The van der Waals surface area contributed by atoms with Crippen LogP contribution >= 0.6 is 23.2 Å².